The van der Waals surface area contributed by atoms with E-state index in [2.05, 4.69) is 52.1 Å². The molecule has 2 aliphatic heterocycles. The molecule has 1 atom stereocenters. The molecule has 0 aliphatic carbocycles. The summed E-state index contributed by atoms with van der Waals surface area (Å²) < 4.78 is 1.35. The Morgan fingerprint density at radius 2 is 2.30 bits per heavy atom. The fourth-order valence-corrected chi connectivity index (χ4v) is 5.36. The van der Waals surface area contributed by atoms with Gasteiger partial charge in [0.25, 0.3) is 0 Å². The molecule has 2 aliphatic rings. The summed E-state index contributed by atoms with van der Waals surface area (Å²) in [5.41, 5.74) is 1.48. The fraction of sp³-hybridized carbons (Fsp3) is 0.524. The summed E-state index contributed by atoms with van der Waals surface area (Å²) in [6, 6.07) is 8.59. The molecule has 27 heavy (non-hydrogen) atoms. The minimum atomic E-state index is 0.0923. The minimum Gasteiger partial charge on any atom is -0.357 e. The van der Waals surface area contributed by atoms with E-state index in [1.165, 1.54) is 15.6 Å². The van der Waals surface area contributed by atoms with Gasteiger partial charge in [-0.1, -0.05) is 18.2 Å². The number of guanidine groups is 1. The fourth-order valence-electron chi connectivity index (χ4n) is 4.36. The smallest absolute Gasteiger partial charge is 0.220 e. The van der Waals surface area contributed by atoms with E-state index in [4.69, 9.17) is 4.99 Å². The van der Waals surface area contributed by atoms with Crippen LogP contribution in [0, 0.1) is 5.41 Å². The zero-order chi connectivity index (χ0) is 18.7. The molecule has 2 N–H and O–H groups in total. The third-order valence-electron chi connectivity index (χ3n) is 5.70. The molecule has 0 radical (unpaired) electrons. The highest BCUT2D eigenvalue weighted by Gasteiger charge is 2.42. The van der Waals surface area contributed by atoms with Crippen LogP contribution in [-0.4, -0.2) is 49.5 Å². The molecule has 1 amide bonds. The Hall–Kier alpha value is -2.08. The van der Waals surface area contributed by atoms with Crippen LogP contribution < -0.4 is 10.6 Å². The summed E-state index contributed by atoms with van der Waals surface area (Å²) in [5.74, 6) is 1.19. The molecule has 3 heterocycles. The van der Waals surface area contributed by atoms with E-state index >= 15 is 0 Å². The van der Waals surface area contributed by atoms with Gasteiger partial charge in [0.2, 0.25) is 5.91 Å². The Labute approximate surface area is 164 Å². The molecule has 1 aromatic heterocycles. The van der Waals surface area contributed by atoms with E-state index in [1.54, 1.807) is 0 Å². The highest BCUT2D eigenvalue weighted by molar-refractivity contribution is 7.17. The molecular weight excluding hydrogens is 356 g/mol. The van der Waals surface area contributed by atoms with E-state index in [-0.39, 0.29) is 11.3 Å². The lowest BCUT2D eigenvalue weighted by Gasteiger charge is -2.40. The highest BCUT2D eigenvalue weighted by atomic mass is 32.1. The van der Waals surface area contributed by atoms with Gasteiger partial charge >= 0.3 is 0 Å². The number of aliphatic imine (C=N–C) groups is 1. The largest absolute Gasteiger partial charge is 0.357 e. The number of fused-ring (bicyclic) bond motifs is 1. The van der Waals surface area contributed by atoms with Crippen molar-refractivity contribution in [3.8, 4) is 0 Å². The maximum atomic E-state index is 11.8. The number of carbonyl (C=O) groups is 1. The Balaban J connectivity index is 1.44. The summed E-state index contributed by atoms with van der Waals surface area (Å²) in [5, 5.41) is 10.1. The van der Waals surface area contributed by atoms with Crippen molar-refractivity contribution in [3.05, 3.63) is 35.2 Å². The maximum absolute atomic E-state index is 11.8. The molecule has 1 aromatic carbocycles. The maximum Gasteiger partial charge on any atom is 0.220 e. The van der Waals surface area contributed by atoms with Crippen molar-refractivity contribution >= 4 is 33.3 Å². The van der Waals surface area contributed by atoms with Crippen molar-refractivity contribution < 1.29 is 4.79 Å². The molecular formula is C21H28N4OS. The Kier molecular flexibility index (Phi) is 5.34. The van der Waals surface area contributed by atoms with E-state index < -0.39 is 0 Å². The molecule has 2 saturated heterocycles. The van der Waals surface area contributed by atoms with Crippen LogP contribution in [0.2, 0.25) is 0 Å². The average molecular weight is 385 g/mol. The first-order valence-electron chi connectivity index (χ1n) is 9.94. The number of carbonyl (C=O) groups excluding carboxylic acids is 1. The third-order valence-corrected chi connectivity index (χ3v) is 6.71. The number of thiophene rings is 1. The first-order chi connectivity index (χ1) is 13.2. The van der Waals surface area contributed by atoms with Gasteiger partial charge in [0.1, 0.15) is 0 Å². The van der Waals surface area contributed by atoms with Crippen LogP contribution in [0.5, 0.6) is 0 Å². The second-order valence-corrected chi connectivity index (χ2v) is 8.63. The van der Waals surface area contributed by atoms with E-state index in [1.807, 2.05) is 11.3 Å². The normalized spacial score (nSPS) is 23.2. The molecule has 144 valence electrons. The van der Waals surface area contributed by atoms with Crippen molar-refractivity contribution in [3.63, 3.8) is 0 Å². The number of nitrogens with zero attached hydrogens (tertiary/aromatic N) is 2. The molecule has 1 spiro atoms. The molecule has 5 nitrogen and oxygen atoms in total. The summed E-state index contributed by atoms with van der Waals surface area (Å²) in [6.45, 7) is 6.50. The number of piperidine rings is 1. The second kappa shape index (κ2) is 7.89. The average Bonchev–Trinajstić information content (AvgIpc) is 3.25. The van der Waals surface area contributed by atoms with Gasteiger partial charge in [0.05, 0.1) is 0 Å². The van der Waals surface area contributed by atoms with E-state index in [0.29, 0.717) is 6.42 Å². The minimum absolute atomic E-state index is 0.0923. The second-order valence-electron chi connectivity index (χ2n) is 7.72. The summed E-state index contributed by atoms with van der Waals surface area (Å²) in [4.78, 5) is 19.0. The lowest BCUT2D eigenvalue weighted by Crippen LogP contribution is -2.51. The van der Waals surface area contributed by atoms with Gasteiger partial charge in [0, 0.05) is 49.3 Å². The standard InChI is InChI=1S/C21H28N4OS/c1-2-22-20(25-11-5-9-21(15-25)12-19(26)24-14-21)23-10-8-16-13-27-18-7-4-3-6-17(16)18/h3-4,6-7,13H,2,5,8-12,14-15H2,1H3,(H,22,23)(H,24,26). The zero-order valence-corrected chi connectivity index (χ0v) is 16.8. The van der Waals surface area contributed by atoms with Crippen LogP contribution in [0.4, 0.5) is 0 Å². The third kappa shape index (κ3) is 3.95. The molecule has 1 unspecified atom stereocenters. The van der Waals surface area contributed by atoms with Crippen LogP contribution in [0.25, 0.3) is 10.1 Å². The van der Waals surface area contributed by atoms with Gasteiger partial charge in [-0.05, 0) is 48.6 Å². The summed E-state index contributed by atoms with van der Waals surface area (Å²) in [7, 11) is 0. The van der Waals surface area contributed by atoms with Gasteiger partial charge in [-0.15, -0.1) is 11.3 Å². The summed E-state index contributed by atoms with van der Waals surface area (Å²) >= 11 is 1.81. The Morgan fingerprint density at radius 1 is 1.41 bits per heavy atom. The van der Waals surface area contributed by atoms with Crippen LogP contribution in [0.15, 0.2) is 34.6 Å². The number of likely N-dealkylation sites (tertiary alicyclic amines) is 1. The van der Waals surface area contributed by atoms with E-state index in [0.717, 1.165) is 57.9 Å². The van der Waals surface area contributed by atoms with Crippen LogP contribution in [0.3, 0.4) is 0 Å². The van der Waals surface area contributed by atoms with Gasteiger partial charge in [-0.2, -0.15) is 0 Å². The number of rotatable bonds is 4. The molecule has 2 fully saturated rings. The van der Waals surface area contributed by atoms with Crippen molar-refractivity contribution in [1.82, 2.24) is 15.5 Å². The van der Waals surface area contributed by atoms with Crippen LogP contribution in [-0.2, 0) is 11.2 Å². The Bertz CT molecular complexity index is 846. The molecule has 4 rings (SSSR count). The summed E-state index contributed by atoms with van der Waals surface area (Å²) in [6.07, 6.45) is 3.86. The predicted octanol–water partition coefficient (Wildman–Crippen LogP) is 3.01. The predicted molar refractivity (Wildman–Crippen MR) is 112 cm³/mol. The first-order valence-corrected chi connectivity index (χ1v) is 10.8. The topological polar surface area (TPSA) is 56.7 Å². The van der Waals surface area contributed by atoms with E-state index in [9.17, 15) is 4.79 Å². The number of hydrogen-bond acceptors (Lipinski definition) is 3. The SMILES string of the molecule is CCNC(=NCCc1csc2ccccc12)N1CCCC2(CNC(=O)C2)C1. The quantitative estimate of drug-likeness (QED) is 0.629. The van der Waals surface area contributed by atoms with Crippen molar-refractivity contribution in [2.75, 3.05) is 32.7 Å². The number of nitrogens with one attached hydrogen (secondary N) is 2. The number of hydrogen-bond donors (Lipinski definition) is 2. The van der Waals surface area contributed by atoms with Crippen molar-refractivity contribution in [2.24, 2.45) is 10.4 Å². The highest BCUT2D eigenvalue weighted by Crippen LogP contribution is 2.36. The number of amides is 1. The monoisotopic (exact) mass is 384 g/mol. The molecule has 0 bridgehead atoms. The molecule has 2 aromatic rings. The van der Waals surface area contributed by atoms with Crippen molar-refractivity contribution in [1.29, 1.82) is 0 Å². The van der Waals surface area contributed by atoms with Gasteiger partial charge in [0.15, 0.2) is 5.96 Å². The van der Waals surface area contributed by atoms with Gasteiger partial charge in [-0.25, -0.2) is 0 Å². The van der Waals surface area contributed by atoms with Gasteiger partial charge in [-0.3, -0.25) is 9.79 Å². The van der Waals surface area contributed by atoms with Crippen LogP contribution in [0.1, 0.15) is 31.7 Å². The van der Waals surface area contributed by atoms with Gasteiger partial charge < -0.3 is 15.5 Å². The van der Waals surface area contributed by atoms with Crippen molar-refractivity contribution in [2.45, 2.75) is 32.6 Å². The molecule has 6 heteroatoms. The molecule has 0 saturated carbocycles. The number of benzene rings is 1. The van der Waals surface area contributed by atoms with Crippen LogP contribution >= 0.6 is 11.3 Å². The first kappa shape index (κ1) is 18.3. The zero-order valence-electron chi connectivity index (χ0n) is 16.0. The Morgan fingerprint density at radius 3 is 3.11 bits per heavy atom. The lowest BCUT2D eigenvalue weighted by atomic mass is 9.79. The lowest BCUT2D eigenvalue weighted by molar-refractivity contribution is -0.119.